The molecule has 0 unspecified atom stereocenters. The minimum Gasteiger partial charge on any atom is -0.394 e. The third-order valence-electron chi connectivity index (χ3n) is 3.36. The lowest BCUT2D eigenvalue weighted by atomic mass is 9.96. The van der Waals surface area contributed by atoms with Crippen molar-refractivity contribution in [1.82, 2.24) is 0 Å². The molecule has 3 heteroatoms. The normalized spacial score (nSPS) is 27.0. The van der Waals surface area contributed by atoms with Gasteiger partial charge in [-0.3, -0.25) is 0 Å². The Morgan fingerprint density at radius 2 is 1.29 bits per heavy atom. The Kier molecular flexibility index (Phi) is 3.15. The molecule has 2 nitrogen and oxygen atoms in total. The number of rotatable bonds is 4. The van der Waals surface area contributed by atoms with Crippen LogP contribution in [0.4, 0.5) is 0 Å². The van der Waals surface area contributed by atoms with Gasteiger partial charge >= 0.3 is 8.56 Å². The number of hydrogen-bond acceptors (Lipinski definition) is 2. The summed E-state index contributed by atoms with van der Waals surface area (Å²) < 4.78 is 12.1. The van der Waals surface area contributed by atoms with Crippen molar-refractivity contribution in [2.45, 2.75) is 58.0 Å². The molecule has 0 aromatic carbocycles. The van der Waals surface area contributed by atoms with Gasteiger partial charge in [0.25, 0.3) is 0 Å². The molecular formula is C11H24O2Si. The van der Waals surface area contributed by atoms with Crippen LogP contribution in [0.5, 0.6) is 0 Å². The van der Waals surface area contributed by atoms with Crippen LogP contribution in [0.1, 0.15) is 48.0 Å². The zero-order chi connectivity index (χ0) is 11.0. The molecule has 14 heavy (non-hydrogen) atoms. The van der Waals surface area contributed by atoms with Gasteiger partial charge < -0.3 is 8.85 Å². The van der Waals surface area contributed by atoms with E-state index in [0.717, 1.165) is 13.2 Å². The van der Waals surface area contributed by atoms with Crippen LogP contribution >= 0.6 is 0 Å². The summed E-state index contributed by atoms with van der Waals surface area (Å²) in [5, 5.41) is 0.533. The quantitative estimate of drug-likeness (QED) is 0.670. The van der Waals surface area contributed by atoms with Gasteiger partial charge in [-0.05, 0) is 20.3 Å². The minimum absolute atomic E-state index is 0.266. The summed E-state index contributed by atoms with van der Waals surface area (Å²) >= 11 is 0. The van der Waals surface area contributed by atoms with Crippen LogP contribution in [0.15, 0.2) is 0 Å². The first-order valence-electron chi connectivity index (χ1n) is 5.61. The van der Waals surface area contributed by atoms with Gasteiger partial charge in [-0.2, -0.15) is 0 Å². The van der Waals surface area contributed by atoms with Crippen molar-refractivity contribution in [3.63, 3.8) is 0 Å². The van der Waals surface area contributed by atoms with Crippen LogP contribution in [0.3, 0.4) is 0 Å². The molecule has 0 aromatic heterocycles. The molecule has 1 rings (SSSR count). The SMILES string of the molecule is CCO[Si]1(OCC)C(C)(C)CC1(C)C. The van der Waals surface area contributed by atoms with E-state index >= 15 is 0 Å². The maximum atomic E-state index is 6.05. The van der Waals surface area contributed by atoms with Gasteiger partial charge in [0.2, 0.25) is 0 Å². The molecule has 0 N–H and O–H groups in total. The number of hydrogen-bond donors (Lipinski definition) is 0. The van der Waals surface area contributed by atoms with Crippen LogP contribution in [-0.4, -0.2) is 21.8 Å². The largest absolute Gasteiger partial charge is 0.394 e. The van der Waals surface area contributed by atoms with Crippen molar-refractivity contribution in [2.24, 2.45) is 0 Å². The van der Waals surface area contributed by atoms with Gasteiger partial charge in [0.05, 0.1) is 0 Å². The van der Waals surface area contributed by atoms with Crippen LogP contribution in [0, 0.1) is 0 Å². The lowest BCUT2D eigenvalue weighted by Gasteiger charge is -2.62. The molecule has 0 aliphatic carbocycles. The molecule has 0 atom stereocenters. The molecule has 84 valence electrons. The first kappa shape index (κ1) is 12.2. The average Bonchev–Trinajstić information content (AvgIpc) is 2.01. The summed E-state index contributed by atoms with van der Waals surface area (Å²) in [5.74, 6) is 0. The molecule has 0 saturated carbocycles. The molecule has 1 fully saturated rings. The highest BCUT2D eigenvalue weighted by atomic mass is 28.4. The summed E-state index contributed by atoms with van der Waals surface area (Å²) in [6.45, 7) is 14.8. The van der Waals surface area contributed by atoms with E-state index in [1.807, 2.05) is 0 Å². The monoisotopic (exact) mass is 216 g/mol. The zero-order valence-electron chi connectivity index (χ0n) is 10.4. The van der Waals surface area contributed by atoms with Crippen molar-refractivity contribution in [1.29, 1.82) is 0 Å². The molecule has 0 spiro atoms. The van der Waals surface area contributed by atoms with Gasteiger partial charge in [-0.15, -0.1) is 0 Å². The predicted molar refractivity (Wildman–Crippen MR) is 61.7 cm³/mol. The Bertz CT molecular complexity index is 189. The standard InChI is InChI=1S/C11H24O2Si/c1-7-12-14(13-8-2)10(3,4)9-11(14,5)6/h7-9H2,1-6H3. The highest BCUT2D eigenvalue weighted by Gasteiger charge is 2.71. The first-order valence-corrected chi connectivity index (χ1v) is 7.42. The molecule has 0 bridgehead atoms. The third-order valence-corrected chi connectivity index (χ3v) is 8.67. The lowest BCUT2D eigenvalue weighted by Crippen LogP contribution is -2.67. The second-order valence-electron chi connectivity index (χ2n) is 5.43. The van der Waals surface area contributed by atoms with Crippen LogP contribution in [0.25, 0.3) is 0 Å². The molecule has 1 aliphatic rings. The predicted octanol–water partition coefficient (Wildman–Crippen LogP) is 3.47. The molecular weight excluding hydrogens is 192 g/mol. The molecule has 0 radical (unpaired) electrons. The van der Waals surface area contributed by atoms with Gasteiger partial charge in [0, 0.05) is 23.3 Å². The lowest BCUT2D eigenvalue weighted by molar-refractivity contribution is 0.0843. The summed E-state index contributed by atoms with van der Waals surface area (Å²) in [5.41, 5.74) is 0. The molecule has 0 aromatic rings. The Morgan fingerprint density at radius 1 is 0.929 bits per heavy atom. The fraction of sp³-hybridized carbons (Fsp3) is 1.00. The summed E-state index contributed by atoms with van der Waals surface area (Å²) in [6, 6.07) is 0. The van der Waals surface area contributed by atoms with E-state index in [9.17, 15) is 0 Å². The maximum absolute atomic E-state index is 6.05. The van der Waals surface area contributed by atoms with Crippen LogP contribution in [-0.2, 0) is 8.85 Å². The Balaban J connectivity index is 2.92. The van der Waals surface area contributed by atoms with Crippen LogP contribution < -0.4 is 0 Å². The summed E-state index contributed by atoms with van der Waals surface area (Å²) in [4.78, 5) is 0. The second-order valence-corrected chi connectivity index (χ2v) is 9.94. The van der Waals surface area contributed by atoms with E-state index in [1.165, 1.54) is 6.42 Å². The highest BCUT2D eigenvalue weighted by Crippen LogP contribution is 2.69. The maximum Gasteiger partial charge on any atom is 0.349 e. The van der Waals surface area contributed by atoms with Gasteiger partial charge in [-0.25, -0.2) is 0 Å². The smallest absolute Gasteiger partial charge is 0.349 e. The van der Waals surface area contributed by atoms with E-state index in [4.69, 9.17) is 8.85 Å². The topological polar surface area (TPSA) is 18.5 Å². The van der Waals surface area contributed by atoms with Gasteiger partial charge in [-0.1, -0.05) is 27.7 Å². The fourth-order valence-electron chi connectivity index (χ4n) is 3.38. The fourth-order valence-corrected chi connectivity index (χ4v) is 8.72. The Hall–Kier alpha value is 0.137. The average molecular weight is 216 g/mol. The van der Waals surface area contributed by atoms with Gasteiger partial charge in [0.15, 0.2) is 0 Å². The third kappa shape index (κ3) is 1.46. The van der Waals surface area contributed by atoms with Crippen molar-refractivity contribution in [3.05, 3.63) is 0 Å². The first-order chi connectivity index (χ1) is 6.33. The van der Waals surface area contributed by atoms with E-state index in [1.54, 1.807) is 0 Å². The second kappa shape index (κ2) is 3.61. The van der Waals surface area contributed by atoms with E-state index < -0.39 is 8.56 Å². The molecule has 1 aliphatic heterocycles. The molecule has 1 saturated heterocycles. The van der Waals surface area contributed by atoms with E-state index in [-0.39, 0.29) is 10.1 Å². The summed E-state index contributed by atoms with van der Waals surface area (Å²) in [6.07, 6.45) is 1.21. The van der Waals surface area contributed by atoms with E-state index in [2.05, 4.69) is 41.5 Å². The van der Waals surface area contributed by atoms with Crippen molar-refractivity contribution in [2.75, 3.05) is 13.2 Å². The molecule has 0 amide bonds. The molecule has 1 heterocycles. The van der Waals surface area contributed by atoms with Gasteiger partial charge in [0.1, 0.15) is 0 Å². The zero-order valence-corrected chi connectivity index (χ0v) is 11.4. The minimum atomic E-state index is -2.00. The van der Waals surface area contributed by atoms with Crippen LogP contribution in [0.2, 0.25) is 10.1 Å². The van der Waals surface area contributed by atoms with Crippen molar-refractivity contribution < 1.29 is 8.85 Å². The highest BCUT2D eigenvalue weighted by molar-refractivity contribution is 6.76. The van der Waals surface area contributed by atoms with Crippen molar-refractivity contribution >= 4 is 8.56 Å². The summed E-state index contributed by atoms with van der Waals surface area (Å²) in [7, 11) is -2.00. The van der Waals surface area contributed by atoms with Crippen molar-refractivity contribution in [3.8, 4) is 0 Å². The van der Waals surface area contributed by atoms with E-state index in [0.29, 0.717) is 0 Å². The Morgan fingerprint density at radius 3 is 1.50 bits per heavy atom. The Labute approximate surface area is 89.2 Å².